The van der Waals surface area contributed by atoms with Crippen LogP contribution in [0, 0.1) is 0 Å². The molecule has 0 heterocycles. The monoisotopic (exact) mass is 258 g/mol. The fourth-order valence-electron chi connectivity index (χ4n) is 0.643. The molecule has 0 saturated carbocycles. The van der Waals surface area contributed by atoms with Crippen LogP contribution >= 0.6 is 31.9 Å². The van der Waals surface area contributed by atoms with Gasteiger partial charge in [-0.15, -0.1) is 0 Å². The summed E-state index contributed by atoms with van der Waals surface area (Å²) in [4.78, 5) is 0.595. The molecule has 3 heteroatoms. The number of nitrogens with zero attached hydrogens (tertiary/aromatic N) is 1. The van der Waals surface area contributed by atoms with Gasteiger partial charge in [0, 0.05) is 5.33 Å². The highest BCUT2D eigenvalue weighted by Crippen LogP contribution is 2.07. The zero-order valence-electron chi connectivity index (χ0n) is 6.19. The Morgan fingerprint density at radius 1 is 1.33 bits per heavy atom. The lowest BCUT2D eigenvalue weighted by atomic mass is 10.4. The standard InChI is InChI=1S/C6H14Br2N/c1-9(2,3)5-6(8)4-7/h6H,4-5H2,1-3H3/q+1/t6-/m0/s1. The van der Waals surface area contributed by atoms with Crippen molar-refractivity contribution in [1.82, 2.24) is 0 Å². The normalized spacial score (nSPS) is 15.7. The van der Waals surface area contributed by atoms with Crippen molar-refractivity contribution in [3.05, 3.63) is 0 Å². The number of hydrogen-bond donors (Lipinski definition) is 0. The summed E-state index contributed by atoms with van der Waals surface area (Å²) in [6.07, 6.45) is 0. The van der Waals surface area contributed by atoms with Crippen molar-refractivity contribution in [2.75, 3.05) is 33.0 Å². The molecule has 0 unspecified atom stereocenters. The van der Waals surface area contributed by atoms with E-state index in [1.54, 1.807) is 0 Å². The van der Waals surface area contributed by atoms with E-state index >= 15 is 0 Å². The zero-order chi connectivity index (χ0) is 7.49. The highest BCUT2D eigenvalue weighted by atomic mass is 79.9. The molecular weight excluding hydrogens is 246 g/mol. The summed E-state index contributed by atoms with van der Waals surface area (Å²) < 4.78 is 1.02. The summed E-state index contributed by atoms with van der Waals surface area (Å²) in [6, 6.07) is 0. The van der Waals surface area contributed by atoms with Crippen LogP contribution in [0.1, 0.15) is 0 Å². The molecule has 56 valence electrons. The van der Waals surface area contributed by atoms with E-state index in [0.29, 0.717) is 4.83 Å². The quantitative estimate of drug-likeness (QED) is 0.536. The van der Waals surface area contributed by atoms with Crippen LogP contribution in [-0.4, -0.2) is 42.3 Å². The molecule has 0 fully saturated rings. The molecule has 0 spiro atoms. The maximum absolute atomic E-state index is 3.55. The maximum atomic E-state index is 3.55. The molecule has 0 aliphatic heterocycles. The van der Waals surface area contributed by atoms with Crippen LogP contribution in [0.3, 0.4) is 0 Å². The molecule has 1 atom stereocenters. The Hall–Kier alpha value is 0.920. The van der Waals surface area contributed by atoms with Crippen LogP contribution in [0.25, 0.3) is 0 Å². The molecule has 0 saturated heterocycles. The van der Waals surface area contributed by atoms with E-state index in [9.17, 15) is 0 Å². The van der Waals surface area contributed by atoms with Crippen molar-refractivity contribution in [3.8, 4) is 0 Å². The third-order valence-electron chi connectivity index (χ3n) is 0.913. The van der Waals surface area contributed by atoms with E-state index in [0.717, 1.165) is 16.4 Å². The van der Waals surface area contributed by atoms with E-state index in [2.05, 4.69) is 53.0 Å². The lowest BCUT2D eigenvalue weighted by Crippen LogP contribution is -2.39. The van der Waals surface area contributed by atoms with Gasteiger partial charge in [-0.1, -0.05) is 31.9 Å². The van der Waals surface area contributed by atoms with Crippen LogP contribution in [0.4, 0.5) is 0 Å². The molecule has 0 aromatic heterocycles. The smallest absolute Gasteiger partial charge is 0.0915 e. The minimum absolute atomic E-state index is 0.595. The van der Waals surface area contributed by atoms with Crippen LogP contribution < -0.4 is 0 Å². The lowest BCUT2D eigenvalue weighted by Gasteiger charge is -2.25. The van der Waals surface area contributed by atoms with Gasteiger partial charge in [-0.25, -0.2) is 0 Å². The van der Waals surface area contributed by atoms with Crippen LogP contribution in [-0.2, 0) is 0 Å². The van der Waals surface area contributed by atoms with Gasteiger partial charge in [0.25, 0.3) is 0 Å². The van der Waals surface area contributed by atoms with Gasteiger partial charge in [0.1, 0.15) is 0 Å². The molecule has 0 aromatic rings. The van der Waals surface area contributed by atoms with Crippen molar-refractivity contribution in [1.29, 1.82) is 0 Å². The minimum Gasteiger partial charge on any atom is -0.330 e. The minimum atomic E-state index is 0.595. The van der Waals surface area contributed by atoms with E-state index in [1.807, 2.05) is 0 Å². The number of halogens is 2. The maximum Gasteiger partial charge on any atom is 0.0915 e. The Kier molecular flexibility index (Phi) is 4.34. The third-order valence-corrected chi connectivity index (χ3v) is 3.18. The first-order valence-corrected chi connectivity index (χ1v) is 5.00. The van der Waals surface area contributed by atoms with Gasteiger partial charge in [-0.05, 0) is 0 Å². The first-order valence-electron chi connectivity index (χ1n) is 2.96. The molecule has 0 aromatic carbocycles. The second-order valence-corrected chi connectivity index (χ2v) is 5.17. The average molecular weight is 260 g/mol. The van der Waals surface area contributed by atoms with Gasteiger partial charge in [0.15, 0.2) is 0 Å². The molecule has 0 rings (SSSR count). The van der Waals surface area contributed by atoms with E-state index in [4.69, 9.17) is 0 Å². The highest BCUT2D eigenvalue weighted by molar-refractivity contribution is 9.12. The first-order chi connectivity index (χ1) is 3.95. The number of alkyl halides is 2. The Bertz CT molecular complexity index is 77.6. The van der Waals surface area contributed by atoms with Crippen molar-refractivity contribution < 1.29 is 4.48 Å². The molecule has 1 nitrogen and oxygen atoms in total. The highest BCUT2D eigenvalue weighted by Gasteiger charge is 2.12. The Labute approximate surface area is 74.3 Å². The summed E-state index contributed by atoms with van der Waals surface area (Å²) in [5.74, 6) is 0. The second kappa shape index (κ2) is 3.94. The summed E-state index contributed by atoms with van der Waals surface area (Å²) in [5.41, 5.74) is 0. The number of quaternary nitrogens is 1. The van der Waals surface area contributed by atoms with Crippen molar-refractivity contribution in [2.24, 2.45) is 0 Å². The average Bonchev–Trinajstić information content (AvgIpc) is 1.62. The summed E-state index contributed by atoms with van der Waals surface area (Å²) in [5, 5.41) is 1.03. The fourth-order valence-corrected chi connectivity index (χ4v) is 1.72. The topological polar surface area (TPSA) is 0 Å². The van der Waals surface area contributed by atoms with Crippen molar-refractivity contribution >= 4 is 31.9 Å². The van der Waals surface area contributed by atoms with Crippen molar-refractivity contribution in [2.45, 2.75) is 4.83 Å². The van der Waals surface area contributed by atoms with Gasteiger partial charge in [0.2, 0.25) is 0 Å². The lowest BCUT2D eigenvalue weighted by molar-refractivity contribution is -0.869. The van der Waals surface area contributed by atoms with E-state index in [-0.39, 0.29) is 0 Å². The molecule has 0 radical (unpaired) electrons. The number of hydrogen-bond acceptors (Lipinski definition) is 0. The van der Waals surface area contributed by atoms with Crippen LogP contribution in [0.15, 0.2) is 0 Å². The second-order valence-electron chi connectivity index (χ2n) is 3.22. The van der Waals surface area contributed by atoms with Gasteiger partial charge >= 0.3 is 0 Å². The predicted molar refractivity (Wildman–Crippen MR) is 49.4 cm³/mol. The van der Waals surface area contributed by atoms with Gasteiger partial charge < -0.3 is 4.48 Å². The van der Waals surface area contributed by atoms with Crippen molar-refractivity contribution in [3.63, 3.8) is 0 Å². The largest absolute Gasteiger partial charge is 0.330 e. The molecule has 9 heavy (non-hydrogen) atoms. The SMILES string of the molecule is C[N+](C)(C)C[C@@H](Br)CBr. The molecular formula is C6H14Br2N+. The fraction of sp³-hybridized carbons (Fsp3) is 1.00. The Morgan fingerprint density at radius 3 is 1.89 bits per heavy atom. The molecule has 0 bridgehead atoms. The summed E-state index contributed by atoms with van der Waals surface area (Å²) in [7, 11) is 6.57. The summed E-state index contributed by atoms with van der Waals surface area (Å²) in [6.45, 7) is 1.16. The van der Waals surface area contributed by atoms with Crippen LogP contribution in [0.2, 0.25) is 0 Å². The predicted octanol–water partition coefficient (Wildman–Crippen LogP) is 1.85. The van der Waals surface area contributed by atoms with Gasteiger partial charge in [0.05, 0.1) is 32.5 Å². The Balaban J connectivity index is 3.47. The summed E-state index contributed by atoms with van der Waals surface area (Å²) >= 11 is 6.96. The Morgan fingerprint density at radius 2 is 1.78 bits per heavy atom. The molecule has 0 amide bonds. The van der Waals surface area contributed by atoms with Gasteiger partial charge in [-0.2, -0.15) is 0 Å². The van der Waals surface area contributed by atoms with E-state index in [1.165, 1.54) is 0 Å². The molecule has 0 aliphatic rings. The van der Waals surface area contributed by atoms with Crippen LogP contribution in [0.5, 0.6) is 0 Å². The zero-order valence-corrected chi connectivity index (χ0v) is 9.37. The van der Waals surface area contributed by atoms with Gasteiger partial charge in [-0.3, -0.25) is 0 Å². The first kappa shape index (κ1) is 9.92. The third kappa shape index (κ3) is 6.81. The van der Waals surface area contributed by atoms with E-state index < -0.39 is 0 Å². The molecule has 0 aliphatic carbocycles. The number of rotatable bonds is 3. The molecule has 0 N–H and O–H groups in total.